The molecule has 6 nitrogen and oxygen atoms in total. The lowest BCUT2D eigenvalue weighted by molar-refractivity contribution is 0.311. The van der Waals surface area contributed by atoms with Crippen LogP contribution in [-0.2, 0) is 0 Å². The Morgan fingerprint density at radius 1 is 0.929 bits per heavy atom. The summed E-state index contributed by atoms with van der Waals surface area (Å²) in [4.78, 5) is 9.16. The molecule has 0 bridgehead atoms. The van der Waals surface area contributed by atoms with Gasteiger partial charge in [-0.25, -0.2) is 0 Å². The first kappa shape index (κ1) is 19.6. The Hall–Kier alpha value is -3.12. The highest BCUT2D eigenvalue weighted by molar-refractivity contribution is 5.62. The molecule has 0 aliphatic heterocycles. The molecule has 6 heteroatoms. The fourth-order valence-corrected chi connectivity index (χ4v) is 3.01. The van der Waals surface area contributed by atoms with E-state index in [1.807, 2.05) is 61.5 Å². The first-order valence-corrected chi connectivity index (χ1v) is 9.18. The second-order valence-corrected chi connectivity index (χ2v) is 6.19. The summed E-state index contributed by atoms with van der Waals surface area (Å²) >= 11 is 0. The minimum absolute atomic E-state index is 0.0857. The van der Waals surface area contributed by atoms with Crippen molar-refractivity contribution >= 4 is 0 Å². The van der Waals surface area contributed by atoms with Crippen LogP contribution in [0.2, 0.25) is 0 Å². The first-order chi connectivity index (χ1) is 13.7. The Kier molecular flexibility index (Phi) is 6.45. The zero-order valence-corrected chi connectivity index (χ0v) is 16.4. The average Bonchev–Trinajstić information content (AvgIpc) is 2.75. The van der Waals surface area contributed by atoms with E-state index in [1.165, 1.54) is 0 Å². The fraction of sp³-hybridized carbons (Fsp3) is 0.273. The average molecular weight is 379 g/mol. The van der Waals surface area contributed by atoms with Crippen molar-refractivity contribution < 1.29 is 14.2 Å². The molecule has 1 heterocycles. The third-order valence-electron chi connectivity index (χ3n) is 4.48. The molecule has 0 fully saturated rings. The monoisotopic (exact) mass is 379 g/mol. The summed E-state index contributed by atoms with van der Waals surface area (Å²) in [5, 5.41) is 0. The lowest BCUT2D eigenvalue weighted by Crippen LogP contribution is -2.16. The first-order valence-electron chi connectivity index (χ1n) is 9.18. The number of nitrogens with zero attached hydrogens (tertiary/aromatic N) is 2. The SMILES string of the molecule is CCOc1nc(-c2cccc(OC)c2)cc(C(CN)c2ccc(OC)cc2)n1. The molecular formula is C22H25N3O3. The van der Waals surface area contributed by atoms with E-state index >= 15 is 0 Å². The fourth-order valence-electron chi connectivity index (χ4n) is 3.01. The van der Waals surface area contributed by atoms with Gasteiger partial charge in [0.15, 0.2) is 0 Å². The van der Waals surface area contributed by atoms with E-state index in [4.69, 9.17) is 19.9 Å². The second-order valence-electron chi connectivity index (χ2n) is 6.19. The van der Waals surface area contributed by atoms with Crippen LogP contribution in [0.25, 0.3) is 11.3 Å². The van der Waals surface area contributed by atoms with Gasteiger partial charge in [-0.15, -0.1) is 0 Å². The summed E-state index contributed by atoms with van der Waals surface area (Å²) in [6.45, 7) is 2.80. The van der Waals surface area contributed by atoms with Crippen molar-refractivity contribution in [2.75, 3.05) is 27.4 Å². The van der Waals surface area contributed by atoms with Crippen LogP contribution in [0.3, 0.4) is 0 Å². The molecule has 0 saturated heterocycles. The molecule has 0 saturated carbocycles. The second kappa shape index (κ2) is 9.19. The van der Waals surface area contributed by atoms with Gasteiger partial charge in [0, 0.05) is 18.0 Å². The molecule has 3 rings (SSSR count). The Balaban J connectivity index is 2.06. The van der Waals surface area contributed by atoms with Gasteiger partial charge >= 0.3 is 6.01 Å². The summed E-state index contributed by atoms with van der Waals surface area (Å²) in [6, 6.07) is 17.9. The predicted molar refractivity (Wildman–Crippen MR) is 109 cm³/mol. The number of hydrogen-bond donors (Lipinski definition) is 1. The van der Waals surface area contributed by atoms with Gasteiger partial charge in [0.05, 0.1) is 32.2 Å². The number of benzene rings is 2. The summed E-state index contributed by atoms with van der Waals surface area (Å²) in [7, 11) is 3.29. The van der Waals surface area contributed by atoms with E-state index in [1.54, 1.807) is 14.2 Å². The van der Waals surface area contributed by atoms with Crippen LogP contribution in [0, 0.1) is 0 Å². The number of nitrogens with two attached hydrogens (primary N) is 1. The number of hydrogen-bond acceptors (Lipinski definition) is 6. The zero-order valence-electron chi connectivity index (χ0n) is 16.4. The van der Waals surface area contributed by atoms with Crippen LogP contribution in [0.15, 0.2) is 54.6 Å². The van der Waals surface area contributed by atoms with Crippen LogP contribution in [0.1, 0.15) is 24.1 Å². The van der Waals surface area contributed by atoms with Crippen molar-refractivity contribution in [3.05, 3.63) is 65.9 Å². The summed E-state index contributed by atoms with van der Waals surface area (Å²) < 4.78 is 16.2. The topological polar surface area (TPSA) is 79.5 Å². The molecule has 146 valence electrons. The number of ether oxygens (including phenoxy) is 3. The summed E-state index contributed by atoms with van der Waals surface area (Å²) in [5.41, 5.74) is 9.67. The number of aromatic nitrogens is 2. The third kappa shape index (κ3) is 4.40. The van der Waals surface area contributed by atoms with E-state index in [9.17, 15) is 0 Å². The number of methoxy groups -OCH3 is 2. The minimum Gasteiger partial charge on any atom is -0.497 e. The molecule has 1 unspecified atom stereocenters. The largest absolute Gasteiger partial charge is 0.497 e. The van der Waals surface area contributed by atoms with Crippen molar-refractivity contribution in [2.45, 2.75) is 12.8 Å². The Labute approximate surface area is 165 Å². The van der Waals surface area contributed by atoms with Gasteiger partial charge in [0.25, 0.3) is 0 Å². The van der Waals surface area contributed by atoms with Crippen molar-refractivity contribution in [3.63, 3.8) is 0 Å². The van der Waals surface area contributed by atoms with E-state index < -0.39 is 0 Å². The molecule has 1 aromatic heterocycles. The molecule has 0 aliphatic carbocycles. The van der Waals surface area contributed by atoms with Crippen molar-refractivity contribution in [1.29, 1.82) is 0 Å². The van der Waals surface area contributed by atoms with Crippen molar-refractivity contribution in [2.24, 2.45) is 5.73 Å². The van der Waals surface area contributed by atoms with Gasteiger partial charge < -0.3 is 19.9 Å². The molecule has 0 aliphatic rings. The van der Waals surface area contributed by atoms with Crippen LogP contribution < -0.4 is 19.9 Å². The molecule has 28 heavy (non-hydrogen) atoms. The third-order valence-corrected chi connectivity index (χ3v) is 4.48. The van der Waals surface area contributed by atoms with Crippen LogP contribution >= 0.6 is 0 Å². The molecule has 0 amide bonds. The van der Waals surface area contributed by atoms with Gasteiger partial charge in [-0.2, -0.15) is 9.97 Å². The molecule has 2 N–H and O–H groups in total. The van der Waals surface area contributed by atoms with Gasteiger partial charge in [0.2, 0.25) is 0 Å². The maximum Gasteiger partial charge on any atom is 0.317 e. The highest BCUT2D eigenvalue weighted by Crippen LogP contribution is 2.30. The van der Waals surface area contributed by atoms with Crippen LogP contribution in [-0.4, -0.2) is 37.3 Å². The lowest BCUT2D eigenvalue weighted by Gasteiger charge is -2.17. The highest BCUT2D eigenvalue weighted by atomic mass is 16.5. The number of rotatable bonds is 8. The highest BCUT2D eigenvalue weighted by Gasteiger charge is 2.18. The molecular weight excluding hydrogens is 354 g/mol. The van der Waals surface area contributed by atoms with Gasteiger partial charge in [-0.1, -0.05) is 24.3 Å². The van der Waals surface area contributed by atoms with Crippen molar-refractivity contribution in [3.8, 4) is 28.8 Å². The van der Waals surface area contributed by atoms with Crippen molar-refractivity contribution in [1.82, 2.24) is 9.97 Å². The van der Waals surface area contributed by atoms with E-state index in [-0.39, 0.29) is 5.92 Å². The quantitative estimate of drug-likeness (QED) is 0.644. The normalized spacial score (nSPS) is 11.7. The van der Waals surface area contributed by atoms with Crippen LogP contribution in [0.5, 0.6) is 17.5 Å². The molecule has 0 radical (unpaired) electrons. The molecule has 2 aromatic carbocycles. The van der Waals surface area contributed by atoms with Gasteiger partial charge in [-0.05, 0) is 42.8 Å². The summed E-state index contributed by atoms with van der Waals surface area (Å²) in [5.74, 6) is 1.48. The molecule has 0 spiro atoms. The Morgan fingerprint density at radius 2 is 1.68 bits per heavy atom. The van der Waals surface area contributed by atoms with Gasteiger partial charge in [-0.3, -0.25) is 0 Å². The Morgan fingerprint density at radius 3 is 2.32 bits per heavy atom. The standard InChI is InChI=1S/C22H25N3O3/c1-4-28-22-24-20(16-6-5-7-18(12-16)27-3)13-21(25-22)19(14-23)15-8-10-17(26-2)11-9-15/h5-13,19H,4,14,23H2,1-3H3. The van der Waals surface area contributed by atoms with Crippen LogP contribution in [0.4, 0.5) is 0 Å². The smallest absolute Gasteiger partial charge is 0.317 e. The minimum atomic E-state index is -0.0857. The molecule has 3 aromatic rings. The van der Waals surface area contributed by atoms with E-state index in [0.29, 0.717) is 19.2 Å². The lowest BCUT2D eigenvalue weighted by atomic mass is 9.94. The molecule has 1 atom stereocenters. The Bertz CT molecular complexity index is 913. The maximum atomic E-state index is 6.11. The zero-order chi connectivity index (χ0) is 19.9. The van der Waals surface area contributed by atoms with E-state index in [0.717, 1.165) is 34.0 Å². The maximum absolute atomic E-state index is 6.11. The predicted octanol–water partition coefficient (Wildman–Crippen LogP) is 3.65. The van der Waals surface area contributed by atoms with Gasteiger partial charge in [0.1, 0.15) is 11.5 Å². The van der Waals surface area contributed by atoms with E-state index in [2.05, 4.69) is 9.97 Å². The summed E-state index contributed by atoms with van der Waals surface area (Å²) in [6.07, 6.45) is 0.